The number of hydrogen-bond donors (Lipinski definition) is 1. The molecule has 0 aliphatic heterocycles. The lowest BCUT2D eigenvalue weighted by molar-refractivity contribution is -0.137. The largest absolute Gasteiger partial charge is 0.418 e. The van der Waals surface area contributed by atoms with Gasteiger partial charge in [0.1, 0.15) is 5.69 Å². The van der Waals surface area contributed by atoms with Crippen LogP contribution in [0.2, 0.25) is 5.02 Å². The molecule has 0 unspecified atom stereocenters. The highest BCUT2D eigenvalue weighted by Gasteiger charge is 2.35. The molecule has 9 heteroatoms. The summed E-state index contributed by atoms with van der Waals surface area (Å²) < 4.78 is 41.9. The van der Waals surface area contributed by atoms with E-state index in [0.29, 0.717) is 16.1 Å². The van der Waals surface area contributed by atoms with Crippen LogP contribution in [0.3, 0.4) is 0 Å². The van der Waals surface area contributed by atoms with Crippen LogP contribution in [-0.2, 0) is 6.18 Å². The Hall–Kier alpha value is -3.13. The molecule has 3 aromatic heterocycles. The summed E-state index contributed by atoms with van der Waals surface area (Å²) in [4.78, 5) is 7.95. The molecule has 0 saturated carbocycles. The lowest BCUT2D eigenvalue weighted by Crippen LogP contribution is -2.10. The summed E-state index contributed by atoms with van der Waals surface area (Å²) in [6, 6.07) is 10.4. The van der Waals surface area contributed by atoms with E-state index in [2.05, 4.69) is 15.1 Å². The minimum absolute atomic E-state index is 0.129. The molecule has 0 spiro atoms. The van der Waals surface area contributed by atoms with Gasteiger partial charge in [0.25, 0.3) is 0 Å². The van der Waals surface area contributed by atoms with Gasteiger partial charge in [-0.25, -0.2) is 4.98 Å². The number of imidazole rings is 1. The van der Waals surface area contributed by atoms with Crippen molar-refractivity contribution in [2.75, 3.05) is 5.73 Å². The van der Waals surface area contributed by atoms with Gasteiger partial charge in [-0.3, -0.25) is 4.98 Å². The lowest BCUT2D eigenvalue weighted by Gasteiger charge is -2.15. The fourth-order valence-corrected chi connectivity index (χ4v) is 2.93. The summed E-state index contributed by atoms with van der Waals surface area (Å²) in [7, 11) is 0. The van der Waals surface area contributed by atoms with Crippen molar-refractivity contribution in [1.82, 2.24) is 19.6 Å². The van der Waals surface area contributed by atoms with E-state index in [-0.39, 0.29) is 22.9 Å². The standard InChI is InChI=1S/C18H11ClF3N5/c19-11-5-3-10(4-6-11)15-13(8-12-9-25-17(23)27(12)26-15)16-14(18(20,21)22)2-1-7-24-16/h1-9H,(H2,23,25). The molecule has 4 aromatic rings. The molecule has 27 heavy (non-hydrogen) atoms. The third kappa shape index (κ3) is 3.08. The zero-order chi connectivity index (χ0) is 19.2. The van der Waals surface area contributed by atoms with Gasteiger partial charge in [-0.2, -0.15) is 22.8 Å². The molecule has 0 saturated heterocycles. The van der Waals surface area contributed by atoms with Crippen molar-refractivity contribution in [2.45, 2.75) is 6.18 Å². The summed E-state index contributed by atoms with van der Waals surface area (Å²) in [5, 5.41) is 4.91. The summed E-state index contributed by atoms with van der Waals surface area (Å²) in [6.07, 6.45) is -1.81. The van der Waals surface area contributed by atoms with Crippen LogP contribution in [0, 0.1) is 0 Å². The van der Waals surface area contributed by atoms with Crippen molar-refractivity contribution in [3.8, 4) is 22.5 Å². The quantitative estimate of drug-likeness (QED) is 0.539. The van der Waals surface area contributed by atoms with E-state index in [1.165, 1.54) is 29.0 Å². The molecular weight excluding hydrogens is 379 g/mol. The van der Waals surface area contributed by atoms with Crippen molar-refractivity contribution < 1.29 is 13.2 Å². The molecule has 2 N–H and O–H groups in total. The van der Waals surface area contributed by atoms with Crippen LogP contribution < -0.4 is 5.73 Å². The molecule has 0 fully saturated rings. The highest BCUT2D eigenvalue weighted by Crippen LogP contribution is 2.39. The second-order valence-electron chi connectivity index (χ2n) is 5.76. The maximum atomic E-state index is 13.5. The first-order chi connectivity index (χ1) is 12.8. The van der Waals surface area contributed by atoms with E-state index in [1.807, 2.05) is 0 Å². The number of pyridine rings is 1. The van der Waals surface area contributed by atoms with Crippen molar-refractivity contribution in [2.24, 2.45) is 0 Å². The van der Waals surface area contributed by atoms with Crippen molar-refractivity contribution in [1.29, 1.82) is 0 Å². The van der Waals surface area contributed by atoms with Gasteiger partial charge in [0, 0.05) is 22.3 Å². The average Bonchev–Trinajstić information content (AvgIpc) is 3.01. The first-order valence-corrected chi connectivity index (χ1v) is 8.15. The Balaban J connectivity index is 2.06. The number of nitrogens with two attached hydrogens (primary N) is 1. The molecule has 0 amide bonds. The van der Waals surface area contributed by atoms with E-state index in [0.717, 1.165) is 6.07 Å². The minimum Gasteiger partial charge on any atom is -0.368 e. The van der Waals surface area contributed by atoms with Crippen molar-refractivity contribution in [3.05, 3.63) is 65.4 Å². The molecule has 5 nitrogen and oxygen atoms in total. The second-order valence-corrected chi connectivity index (χ2v) is 6.20. The highest BCUT2D eigenvalue weighted by molar-refractivity contribution is 6.30. The van der Waals surface area contributed by atoms with E-state index in [9.17, 15) is 13.2 Å². The van der Waals surface area contributed by atoms with Crippen LogP contribution in [0.4, 0.5) is 19.1 Å². The van der Waals surface area contributed by atoms with Crippen molar-refractivity contribution >= 4 is 23.1 Å². The van der Waals surface area contributed by atoms with Gasteiger partial charge in [0.05, 0.1) is 23.0 Å². The fourth-order valence-electron chi connectivity index (χ4n) is 2.80. The van der Waals surface area contributed by atoms with Gasteiger partial charge in [-0.15, -0.1) is 0 Å². The number of fused-ring (bicyclic) bond motifs is 1. The molecule has 0 atom stereocenters. The number of rotatable bonds is 2. The number of halogens is 4. The summed E-state index contributed by atoms with van der Waals surface area (Å²) in [5.41, 5.74) is 6.28. The Morgan fingerprint density at radius 2 is 1.74 bits per heavy atom. The normalized spacial score (nSPS) is 11.9. The molecule has 136 valence electrons. The monoisotopic (exact) mass is 389 g/mol. The third-order valence-corrected chi connectivity index (χ3v) is 4.28. The van der Waals surface area contributed by atoms with E-state index >= 15 is 0 Å². The molecule has 0 bridgehead atoms. The smallest absolute Gasteiger partial charge is 0.368 e. The molecule has 0 aliphatic carbocycles. The number of nitrogen functional groups attached to an aromatic ring is 1. The zero-order valence-corrected chi connectivity index (χ0v) is 14.3. The number of alkyl halides is 3. The van der Waals surface area contributed by atoms with Crippen LogP contribution in [0.1, 0.15) is 5.56 Å². The topological polar surface area (TPSA) is 69.1 Å². The van der Waals surface area contributed by atoms with E-state index in [1.54, 1.807) is 24.3 Å². The predicted molar refractivity (Wildman–Crippen MR) is 96.1 cm³/mol. The van der Waals surface area contributed by atoms with E-state index < -0.39 is 11.7 Å². The Bertz CT molecular complexity index is 1140. The minimum atomic E-state index is -4.56. The SMILES string of the molecule is Nc1ncc2cc(-c3ncccc3C(F)(F)F)c(-c3ccc(Cl)cc3)nn12. The molecular formula is C18H11ClF3N5. The molecule has 0 radical (unpaired) electrons. The number of hydrogen-bond acceptors (Lipinski definition) is 4. The van der Waals surface area contributed by atoms with Crippen LogP contribution in [0.15, 0.2) is 54.9 Å². The molecule has 3 heterocycles. The van der Waals surface area contributed by atoms with Gasteiger partial charge in [0.15, 0.2) is 0 Å². The lowest BCUT2D eigenvalue weighted by atomic mass is 10.00. The summed E-state index contributed by atoms with van der Waals surface area (Å²) in [6.45, 7) is 0. The second kappa shape index (κ2) is 6.24. The number of anilines is 1. The third-order valence-electron chi connectivity index (χ3n) is 4.02. The highest BCUT2D eigenvalue weighted by atomic mass is 35.5. The maximum absolute atomic E-state index is 13.5. The van der Waals surface area contributed by atoms with Crippen LogP contribution >= 0.6 is 11.6 Å². The van der Waals surface area contributed by atoms with E-state index in [4.69, 9.17) is 17.3 Å². The van der Waals surface area contributed by atoms with Gasteiger partial charge < -0.3 is 5.73 Å². The van der Waals surface area contributed by atoms with Crippen LogP contribution in [-0.4, -0.2) is 19.6 Å². The number of nitrogens with zero attached hydrogens (tertiary/aromatic N) is 4. The summed E-state index contributed by atoms with van der Waals surface area (Å²) >= 11 is 5.93. The summed E-state index contributed by atoms with van der Waals surface area (Å²) in [5.74, 6) is 0.129. The van der Waals surface area contributed by atoms with Crippen molar-refractivity contribution in [3.63, 3.8) is 0 Å². The molecule has 4 rings (SSSR count). The Morgan fingerprint density at radius 1 is 1.00 bits per heavy atom. The molecule has 0 aliphatic rings. The number of aromatic nitrogens is 4. The van der Waals surface area contributed by atoms with Gasteiger partial charge in [-0.05, 0) is 30.3 Å². The van der Waals surface area contributed by atoms with Gasteiger partial charge in [0.2, 0.25) is 5.95 Å². The number of benzene rings is 1. The Kier molecular flexibility index (Phi) is 4.00. The molecule has 1 aromatic carbocycles. The van der Waals surface area contributed by atoms with Crippen LogP contribution in [0.5, 0.6) is 0 Å². The predicted octanol–water partition coefficient (Wildman–Crippen LogP) is 4.71. The van der Waals surface area contributed by atoms with Crippen LogP contribution in [0.25, 0.3) is 28.0 Å². The Labute approximate surface area is 156 Å². The van der Waals surface area contributed by atoms with Gasteiger partial charge >= 0.3 is 6.18 Å². The van der Waals surface area contributed by atoms with Gasteiger partial charge in [-0.1, -0.05) is 23.7 Å². The first-order valence-electron chi connectivity index (χ1n) is 7.77. The fraction of sp³-hybridized carbons (Fsp3) is 0.0556. The maximum Gasteiger partial charge on any atom is 0.418 e. The Morgan fingerprint density at radius 3 is 2.44 bits per heavy atom. The average molecular weight is 390 g/mol. The zero-order valence-electron chi connectivity index (χ0n) is 13.6. The first kappa shape index (κ1) is 17.3.